The molecule has 0 aromatic rings. The van der Waals surface area contributed by atoms with Gasteiger partial charge in [0.2, 0.25) is 0 Å². The molecule has 0 unspecified atom stereocenters. The Morgan fingerprint density at radius 1 is 0.889 bits per heavy atom. The molecule has 2 nitrogen and oxygen atoms in total. The quantitative estimate of drug-likeness (QED) is 0.167. The third-order valence-corrected chi connectivity index (χ3v) is 3.49. The fraction of sp³-hybridized carbons (Fsp3) is 0.929. The Bertz CT molecular complexity index is 177. The Labute approximate surface area is 148 Å². The molecule has 0 amide bonds. The minimum atomic E-state index is -0.0819. The number of hydrogen-bond acceptors (Lipinski definition) is 2. The first kappa shape index (κ1) is 21.5. The Balaban J connectivity index is 0. The summed E-state index contributed by atoms with van der Waals surface area (Å²) in [6.07, 6.45) is 13.1. The summed E-state index contributed by atoms with van der Waals surface area (Å²) in [6.45, 7) is 2.86. The normalized spacial score (nSPS) is 9.89. The van der Waals surface area contributed by atoms with Crippen molar-refractivity contribution < 1.29 is 9.53 Å². The van der Waals surface area contributed by atoms with Crippen LogP contribution in [0.5, 0.6) is 0 Å². The number of unbranched alkanes of at least 4 members (excludes halogenated alkanes) is 9. The van der Waals surface area contributed by atoms with E-state index in [0.717, 1.165) is 6.42 Å². The van der Waals surface area contributed by atoms with Gasteiger partial charge in [0.05, 0.1) is 11.0 Å². The second kappa shape index (κ2) is 18.2. The summed E-state index contributed by atoms with van der Waals surface area (Å²) in [5.41, 5.74) is 0. The molecule has 0 atom stereocenters. The van der Waals surface area contributed by atoms with Crippen LogP contribution in [0.3, 0.4) is 0 Å². The second-order valence-corrected chi connectivity index (χ2v) is 5.30. The van der Waals surface area contributed by atoms with Crippen molar-refractivity contribution in [2.45, 2.75) is 71.1 Å². The van der Waals surface area contributed by atoms with Crippen molar-refractivity contribution in [2.75, 3.05) is 11.0 Å². The Kier molecular flexibility index (Phi) is 21.7. The summed E-state index contributed by atoms with van der Waals surface area (Å²) in [6, 6.07) is 0. The number of hydrogen-bond donors (Lipinski definition) is 0. The van der Waals surface area contributed by atoms with Crippen LogP contribution in [0.15, 0.2) is 0 Å². The maximum atomic E-state index is 10.8. The van der Waals surface area contributed by atoms with Crippen molar-refractivity contribution in [3.05, 3.63) is 0 Å². The zero-order valence-electron chi connectivity index (χ0n) is 11.2. The van der Waals surface area contributed by atoms with Gasteiger partial charge in [-0.3, -0.25) is 4.79 Å². The zero-order valence-corrected chi connectivity index (χ0v) is 13.3. The first-order valence-electron chi connectivity index (χ1n) is 7.02. The van der Waals surface area contributed by atoms with E-state index in [4.69, 9.17) is 4.74 Å². The fourth-order valence-electron chi connectivity index (χ4n) is 1.81. The van der Waals surface area contributed by atoms with E-state index in [1.54, 1.807) is 0 Å². The van der Waals surface area contributed by atoms with Gasteiger partial charge >= 0.3 is 35.5 Å². The van der Waals surface area contributed by atoms with Crippen molar-refractivity contribution in [3.63, 3.8) is 0 Å². The molecule has 0 aromatic heterocycles. The van der Waals surface area contributed by atoms with Crippen LogP contribution < -0.4 is 0 Å². The summed E-state index contributed by atoms with van der Waals surface area (Å²) in [5, 5.41) is 0. The number of esters is 1. The van der Waals surface area contributed by atoms with Crippen LogP contribution in [0.4, 0.5) is 0 Å². The van der Waals surface area contributed by atoms with Gasteiger partial charge in [-0.05, 0) is 6.42 Å². The number of carbonyl (C=O) groups excluding carboxylic acids is 1. The number of ether oxygens (including phenoxy) is 1. The first-order valence-corrected chi connectivity index (χ1v) is 8.55. The molecule has 0 aliphatic heterocycles. The van der Waals surface area contributed by atoms with Gasteiger partial charge in [0.25, 0.3) is 0 Å². The van der Waals surface area contributed by atoms with E-state index in [2.05, 4.69) is 6.92 Å². The summed E-state index contributed by atoms with van der Waals surface area (Å²) in [7, 11) is 0. The Morgan fingerprint density at radius 2 is 1.33 bits per heavy atom. The number of carbonyl (C=O) groups is 1. The van der Waals surface area contributed by atoms with E-state index in [1.165, 1.54) is 57.8 Å². The molecule has 0 spiro atoms. The van der Waals surface area contributed by atoms with Gasteiger partial charge in [-0.25, -0.2) is 0 Å². The number of halogens is 1. The molecule has 0 radical (unpaired) electrons. The van der Waals surface area contributed by atoms with Crippen LogP contribution >= 0.6 is 22.6 Å². The van der Waals surface area contributed by atoms with Gasteiger partial charge < -0.3 is 4.74 Å². The fourth-order valence-corrected chi connectivity index (χ4v) is 2.03. The van der Waals surface area contributed by atoms with Crippen LogP contribution in [-0.4, -0.2) is 46.6 Å². The van der Waals surface area contributed by atoms with E-state index in [9.17, 15) is 4.79 Å². The number of alkyl halides is 1. The Morgan fingerprint density at radius 3 is 1.78 bits per heavy atom. The predicted molar refractivity (Wildman–Crippen MR) is 88.8 cm³/mol. The van der Waals surface area contributed by atoms with Crippen LogP contribution in [0.25, 0.3) is 0 Å². The second-order valence-electron chi connectivity index (χ2n) is 4.54. The van der Waals surface area contributed by atoms with Crippen molar-refractivity contribution >= 4 is 58.1 Å². The third kappa shape index (κ3) is 17.2. The molecule has 0 saturated carbocycles. The molecule has 0 aliphatic carbocycles. The van der Waals surface area contributed by atoms with E-state index in [-0.39, 0.29) is 35.5 Å². The van der Waals surface area contributed by atoms with Gasteiger partial charge in [0.15, 0.2) is 0 Å². The van der Waals surface area contributed by atoms with Gasteiger partial charge in [0.1, 0.15) is 0 Å². The van der Waals surface area contributed by atoms with Crippen LogP contribution in [-0.2, 0) is 9.53 Å². The SMILES string of the molecule is CCCCCCCCCCCCOC(=O)CI.[NaH]. The zero-order chi connectivity index (χ0) is 12.8. The van der Waals surface area contributed by atoms with Gasteiger partial charge in [-0.2, -0.15) is 0 Å². The van der Waals surface area contributed by atoms with Crippen molar-refractivity contribution in [2.24, 2.45) is 0 Å². The van der Waals surface area contributed by atoms with Gasteiger partial charge in [-0.1, -0.05) is 87.3 Å². The van der Waals surface area contributed by atoms with Crippen LogP contribution in [0.1, 0.15) is 71.1 Å². The molecule has 0 fully saturated rings. The summed E-state index contributed by atoms with van der Waals surface area (Å²) in [4.78, 5) is 10.8. The molecular weight excluding hydrogens is 350 g/mol. The third-order valence-electron chi connectivity index (χ3n) is 2.87. The molecular formula is C14H28INaO2. The standard InChI is InChI=1S/C14H27IO2.Na.H/c1-2-3-4-5-6-7-8-9-10-11-12-17-14(16)13-15;;/h2-13H2,1H3;;. The van der Waals surface area contributed by atoms with E-state index in [1.807, 2.05) is 22.6 Å². The molecule has 4 heteroatoms. The van der Waals surface area contributed by atoms with Gasteiger partial charge in [0, 0.05) is 0 Å². The molecule has 0 heterocycles. The Hall–Kier alpha value is 1.20. The summed E-state index contributed by atoms with van der Waals surface area (Å²) in [5.74, 6) is -0.0819. The molecule has 0 aromatic carbocycles. The molecule has 0 aliphatic rings. The topological polar surface area (TPSA) is 26.3 Å². The maximum absolute atomic E-state index is 10.8. The van der Waals surface area contributed by atoms with Crippen molar-refractivity contribution in [3.8, 4) is 0 Å². The van der Waals surface area contributed by atoms with Crippen molar-refractivity contribution in [1.82, 2.24) is 0 Å². The van der Waals surface area contributed by atoms with E-state index < -0.39 is 0 Å². The molecule has 0 N–H and O–H groups in total. The van der Waals surface area contributed by atoms with Crippen LogP contribution in [0.2, 0.25) is 0 Å². The van der Waals surface area contributed by atoms with Crippen LogP contribution in [0, 0.1) is 0 Å². The molecule has 0 bridgehead atoms. The van der Waals surface area contributed by atoms with E-state index >= 15 is 0 Å². The predicted octanol–water partition coefficient (Wildman–Crippen LogP) is 4.24. The minimum absolute atomic E-state index is 0. The molecule has 18 heavy (non-hydrogen) atoms. The van der Waals surface area contributed by atoms with E-state index in [0.29, 0.717) is 11.0 Å². The molecule has 0 saturated heterocycles. The first-order chi connectivity index (χ1) is 8.31. The average Bonchev–Trinajstić information content (AvgIpc) is 2.35. The van der Waals surface area contributed by atoms with Crippen molar-refractivity contribution in [1.29, 1.82) is 0 Å². The summed E-state index contributed by atoms with van der Waals surface area (Å²) >= 11 is 2.03. The van der Waals surface area contributed by atoms with Gasteiger partial charge in [-0.15, -0.1) is 0 Å². The molecule has 104 valence electrons. The number of rotatable bonds is 12. The average molecular weight is 378 g/mol. The molecule has 0 rings (SSSR count). The monoisotopic (exact) mass is 378 g/mol. The summed E-state index contributed by atoms with van der Waals surface area (Å²) < 4.78 is 5.48.